The Morgan fingerprint density at radius 3 is 2.67 bits per heavy atom. The summed E-state index contributed by atoms with van der Waals surface area (Å²) in [5, 5.41) is 1.74. The van der Waals surface area contributed by atoms with Crippen molar-refractivity contribution in [3.8, 4) is 5.75 Å². The molecule has 0 atom stereocenters. The Morgan fingerprint density at radius 2 is 1.95 bits per heavy atom. The lowest BCUT2D eigenvalue weighted by atomic mass is 10.3. The van der Waals surface area contributed by atoms with Crippen LogP contribution < -0.4 is 9.46 Å². The van der Waals surface area contributed by atoms with Crippen molar-refractivity contribution in [2.45, 2.75) is 36.0 Å². The minimum atomic E-state index is -3.50. The fraction of sp³-hybridized carbons (Fsp3) is 0.333. The number of nitrogens with one attached hydrogen (secondary N) is 1. The molecule has 0 bridgehead atoms. The van der Waals surface area contributed by atoms with Crippen molar-refractivity contribution in [1.82, 2.24) is 0 Å². The molecule has 1 aliphatic rings. The lowest BCUT2D eigenvalue weighted by Crippen LogP contribution is -2.13. The fourth-order valence-electron chi connectivity index (χ4n) is 2.45. The standard InChI is InChI=1S/C15H17NO3S2/c17-21(18,15-9-4-10-20-15)16-12-5-3-8-14(11-12)19-13-6-1-2-7-13/h3-5,8-11,13,16H,1-2,6-7H2. The summed E-state index contributed by atoms with van der Waals surface area (Å²) >= 11 is 1.20. The van der Waals surface area contributed by atoms with Crippen LogP contribution in [-0.2, 0) is 10.0 Å². The lowest BCUT2D eigenvalue weighted by Gasteiger charge is -2.14. The van der Waals surface area contributed by atoms with Crippen LogP contribution in [0.1, 0.15) is 25.7 Å². The van der Waals surface area contributed by atoms with Gasteiger partial charge >= 0.3 is 0 Å². The maximum Gasteiger partial charge on any atom is 0.271 e. The van der Waals surface area contributed by atoms with Gasteiger partial charge in [-0.1, -0.05) is 12.1 Å². The first-order valence-electron chi connectivity index (χ1n) is 6.96. The third-order valence-corrected chi connectivity index (χ3v) is 6.23. The third kappa shape index (κ3) is 3.57. The van der Waals surface area contributed by atoms with E-state index in [-0.39, 0.29) is 6.10 Å². The molecule has 0 amide bonds. The first-order valence-corrected chi connectivity index (χ1v) is 9.33. The van der Waals surface area contributed by atoms with Gasteiger partial charge in [-0.3, -0.25) is 4.72 Å². The molecule has 112 valence electrons. The molecule has 1 N–H and O–H groups in total. The van der Waals surface area contributed by atoms with Crippen molar-refractivity contribution in [1.29, 1.82) is 0 Å². The maximum absolute atomic E-state index is 12.2. The van der Waals surface area contributed by atoms with Crippen molar-refractivity contribution in [3.63, 3.8) is 0 Å². The highest BCUT2D eigenvalue weighted by molar-refractivity contribution is 7.94. The summed E-state index contributed by atoms with van der Waals surface area (Å²) in [6.07, 6.45) is 4.82. The SMILES string of the molecule is O=S(=O)(Nc1cccc(OC2CCCC2)c1)c1cccs1. The average molecular weight is 323 g/mol. The molecule has 1 heterocycles. The zero-order valence-corrected chi connectivity index (χ0v) is 13.1. The molecule has 21 heavy (non-hydrogen) atoms. The van der Waals surface area contributed by atoms with Crippen LogP contribution in [-0.4, -0.2) is 14.5 Å². The second kappa shape index (κ2) is 6.07. The molecule has 0 unspecified atom stereocenters. The zero-order chi connectivity index (χ0) is 14.7. The van der Waals surface area contributed by atoms with Crippen LogP contribution in [0.15, 0.2) is 46.0 Å². The van der Waals surface area contributed by atoms with Crippen LogP contribution >= 0.6 is 11.3 Å². The van der Waals surface area contributed by atoms with E-state index in [9.17, 15) is 8.42 Å². The molecule has 0 aliphatic heterocycles. The van der Waals surface area contributed by atoms with Crippen molar-refractivity contribution >= 4 is 27.0 Å². The van der Waals surface area contributed by atoms with Crippen LogP contribution in [0.2, 0.25) is 0 Å². The van der Waals surface area contributed by atoms with Crippen LogP contribution in [0.3, 0.4) is 0 Å². The highest BCUT2D eigenvalue weighted by Gasteiger charge is 2.18. The van der Waals surface area contributed by atoms with Crippen molar-refractivity contribution < 1.29 is 13.2 Å². The molecular formula is C15H17NO3S2. The van der Waals surface area contributed by atoms with E-state index in [0.29, 0.717) is 15.6 Å². The molecule has 2 aromatic rings. The van der Waals surface area contributed by atoms with Gasteiger partial charge in [0.2, 0.25) is 0 Å². The predicted octanol–water partition coefficient (Wildman–Crippen LogP) is 3.87. The highest BCUT2D eigenvalue weighted by Crippen LogP contribution is 2.27. The third-order valence-electron chi connectivity index (χ3n) is 3.45. The van der Waals surface area contributed by atoms with Crippen molar-refractivity contribution in [3.05, 3.63) is 41.8 Å². The van der Waals surface area contributed by atoms with Gasteiger partial charge in [-0.05, 0) is 49.3 Å². The number of hydrogen-bond donors (Lipinski definition) is 1. The van der Waals surface area contributed by atoms with Gasteiger partial charge in [0.25, 0.3) is 10.0 Å². The quantitative estimate of drug-likeness (QED) is 0.908. The molecule has 1 fully saturated rings. The Morgan fingerprint density at radius 1 is 1.14 bits per heavy atom. The van der Waals surface area contributed by atoms with E-state index >= 15 is 0 Å². The summed E-state index contributed by atoms with van der Waals surface area (Å²) in [6.45, 7) is 0. The molecular weight excluding hydrogens is 306 g/mol. The number of ether oxygens (including phenoxy) is 1. The molecule has 1 aromatic carbocycles. The van der Waals surface area contributed by atoms with Crippen LogP contribution in [0.25, 0.3) is 0 Å². The summed E-state index contributed by atoms with van der Waals surface area (Å²) in [4.78, 5) is 0. The van der Waals surface area contributed by atoms with Crippen LogP contribution in [0, 0.1) is 0 Å². The van der Waals surface area contributed by atoms with E-state index in [1.807, 2.05) is 6.07 Å². The number of sulfonamides is 1. The monoisotopic (exact) mass is 323 g/mol. The largest absolute Gasteiger partial charge is 0.490 e. The Hall–Kier alpha value is -1.53. The van der Waals surface area contributed by atoms with E-state index < -0.39 is 10.0 Å². The topological polar surface area (TPSA) is 55.4 Å². The molecule has 0 spiro atoms. The van der Waals surface area contributed by atoms with Gasteiger partial charge in [0, 0.05) is 6.07 Å². The fourth-order valence-corrected chi connectivity index (χ4v) is 4.50. The molecule has 3 rings (SSSR count). The van der Waals surface area contributed by atoms with E-state index in [1.54, 1.807) is 35.7 Å². The van der Waals surface area contributed by atoms with Crippen LogP contribution in [0.5, 0.6) is 5.75 Å². The number of benzene rings is 1. The molecule has 1 aromatic heterocycles. The van der Waals surface area contributed by atoms with Crippen molar-refractivity contribution in [2.24, 2.45) is 0 Å². The van der Waals surface area contributed by atoms with E-state index in [4.69, 9.17) is 4.74 Å². The van der Waals surface area contributed by atoms with E-state index in [0.717, 1.165) is 12.8 Å². The van der Waals surface area contributed by atoms with Gasteiger partial charge in [-0.25, -0.2) is 8.42 Å². The summed E-state index contributed by atoms with van der Waals surface area (Å²) in [5.41, 5.74) is 0.527. The van der Waals surface area contributed by atoms with Gasteiger partial charge < -0.3 is 4.74 Å². The van der Waals surface area contributed by atoms with Gasteiger partial charge in [0.1, 0.15) is 9.96 Å². The molecule has 0 saturated heterocycles. The van der Waals surface area contributed by atoms with E-state index in [2.05, 4.69) is 4.72 Å². The van der Waals surface area contributed by atoms with Gasteiger partial charge in [0.15, 0.2) is 0 Å². The summed E-state index contributed by atoms with van der Waals surface area (Å²) < 4.78 is 33.1. The Bertz CT molecular complexity index is 689. The Labute approximate surface area is 128 Å². The smallest absolute Gasteiger partial charge is 0.271 e. The summed E-state index contributed by atoms with van der Waals surface area (Å²) in [6, 6.07) is 10.4. The van der Waals surface area contributed by atoms with Crippen molar-refractivity contribution in [2.75, 3.05) is 4.72 Å². The Kier molecular flexibility index (Phi) is 4.17. The number of hydrogen-bond acceptors (Lipinski definition) is 4. The highest BCUT2D eigenvalue weighted by atomic mass is 32.2. The Balaban J connectivity index is 1.74. The van der Waals surface area contributed by atoms with Crippen LogP contribution in [0.4, 0.5) is 5.69 Å². The average Bonchev–Trinajstić information content (AvgIpc) is 3.11. The second-order valence-electron chi connectivity index (χ2n) is 5.09. The molecule has 6 heteroatoms. The number of rotatable bonds is 5. The first kappa shape index (κ1) is 14.4. The summed E-state index contributed by atoms with van der Waals surface area (Å²) in [5.74, 6) is 0.716. The molecule has 4 nitrogen and oxygen atoms in total. The van der Waals surface area contributed by atoms with Gasteiger partial charge in [-0.15, -0.1) is 11.3 Å². The minimum Gasteiger partial charge on any atom is -0.490 e. The normalized spacial score (nSPS) is 16.0. The maximum atomic E-state index is 12.2. The van der Waals surface area contributed by atoms with Gasteiger partial charge in [0.05, 0.1) is 11.8 Å². The number of anilines is 1. The molecule has 1 aliphatic carbocycles. The van der Waals surface area contributed by atoms with E-state index in [1.165, 1.54) is 24.2 Å². The lowest BCUT2D eigenvalue weighted by molar-refractivity contribution is 0.210. The predicted molar refractivity (Wildman–Crippen MR) is 84.5 cm³/mol. The zero-order valence-electron chi connectivity index (χ0n) is 11.5. The van der Waals surface area contributed by atoms with Gasteiger partial charge in [-0.2, -0.15) is 0 Å². The molecule has 0 radical (unpaired) electrons. The first-order chi connectivity index (χ1) is 10.1. The second-order valence-corrected chi connectivity index (χ2v) is 7.95. The minimum absolute atomic E-state index is 0.258. The number of thiophene rings is 1. The molecule has 1 saturated carbocycles. The summed E-state index contributed by atoms with van der Waals surface area (Å²) in [7, 11) is -3.50.